The van der Waals surface area contributed by atoms with Crippen LogP contribution in [0.2, 0.25) is 0 Å². The van der Waals surface area contributed by atoms with Crippen molar-refractivity contribution in [1.82, 2.24) is 14.6 Å². The first-order chi connectivity index (χ1) is 13.9. The Labute approximate surface area is 166 Å². The van der Waals surface area contributed by atoms with Crippen LogP contribution in [0, 0.1) is 6.92 Å². The minimum absolute atomic E-state index is 0.0216. The molecule has 0 unspecified atom stereocenters. The summed E-state index contributed by atoms with van der Waals surface area (Å²) >= 11 is 0. The average Bonchev–Trinajstić information content (AvgIpc) is 3.11. The third-order valence-corrected chi connectivity index (χ3v) is 6.21. The molecule has 1 aliphatic rings. The summed E-state index contributed by atoms with van der Waals surface area (Å²) in [7, 11) is -2.91. The predicted octanol–water partition coefficient (Wildman–Crippen LogP) is 1.18. The van der Waals surface area contributed by atoms with E-state index in [0.29, 0.717) is 36.2 Å². The molecule has 11 heteroatoms. The van der Waals surface area contributed by atoms with Gasteiger partial charge < -0.3 is 14.2 Å². The van der Waals surface area contributed by atoms with E-state index in [1.807, 2.05) is 0 Å². The van der Waals surface area contributed by atoms with Crippen LogP contribution in [0.5, 0.6) is 11.5 Å². The molecule has 0 spiro atoms. The van der Waals surface area contributed by atoms with Crippen LogP contribution >= 0.6 is 0 Å². The third-order valence-electron chi connectivity index (χ3n) is 4.45. The Balaban J connectivity index is 1.81. The lowest BCUT2D eigenvalue weighted by molar-refractivity contribution is -0.138. The smallest absolute Gasteiger partial charge is 0.326 e. The fourth-order valence-electron chi connectivity index (χ4n) is 2.95. The number of carbonyl (C=O) groups excluding carboxylic acids is 1. The van der Waals surface area contributed by atoms with Gasteiger partial charge in [0.25, 0.3) is 10.0 Å². The van der Waals surface area contributed by atoms with E-state index in [1.165, 1.54) is 25.4 Å². The monoisotopic (exact) mass is 418 g/mol. The van der Waals surface area contributed by atoms with Crippen molar-refractivity contribution < 1.29 is 27.4 Å². The van der Waals surface area contributed by atoms with Gasteiger partial charge in [-0.3, -0.25) is 13.5 Å². The van der Waals surface area contributed by atoms with E-state index in [1.54, 1.807) is 29.5 Å². The first kappa shape index (κ1) is 19.0. The summed E-state index contributed by atoms with van der Waals surface area (Å²) in [5.74, 6) is 0.752. The highest BCUT2D eigenvalue weighted by atomic mass is 32.2. The van der Waals surface area contributed by atoms with Gasteiger partial charge in [0.1, 0.15) is 30.5 Å². The van der Waals surface area contributed by atoms with E-state index in [9.17, 15) is 13.2 Å². The molecule has 0 bridgehead atoms. The molecule has 0 aliphatic carbocycles. The summed E-state index contributed by atoms with van der Waals surface area (Å²) in [5, 5.41) is 7.89. The molecule has 1 aliphatic heterocycles. The maximum atomic E-state index is 13.4. The number of aryl methyl sites for hydroxylation is 1. The van der Waals surface area contributed by atoms with Crippen LogP contribution < -0.4 is 13.8 Å². The number of nitrogens with zero attached hydrogens (tertiary/aromatic N) is 4. The highest BCUT2D eigenvalue weighted by molar-refractivity contribution is 7.92. The van der Waals surface area contributed by atoms with Gasteiger partial charge in [-0.15, -0.1) is 10.2 Å². The third kappa shape index (κ3) is 3.44. The number of sulfonamides is 1. The SMILES string of the molecule is COC(=O)CN(c1ccc2c(c1)OCCO2)S(=O)(=O)c1ccc2nnc(C)n2c1. The number of pyridine rings is 1. The van der Waals surface area contributed by atoms with Crippen molar-refractivity contribution in [2.75, 3.05) is 31.2 Å². The largest absolute Gasteiger partial charge is 0.486 e. The number of fused-ring (bicyclic) bond motifs is 2. The van der Waals surface area contributed by atoms with Crippen LogP contribution in [-0.4, -0.2) is 55.9 Å². The molecule has 10 nitrogen and oxygen atoms in total. The Hall–Kier alpha value is -3.34. The van der Waals surface area contributed by atoms with Crippen LogP contribution in [-0.2, 0) is 19.6 Å². The zero-order valence-electron chi connectivity index (χ0n) is 15.7. The summed E-state index contributed by atoms with van der Waals surface area (Å²) in [6, 6.07) is 7.65. The van der Waals surface area contributed by atoms with Crippen molar-refractivity contribution in [1.29, 1.82) is 0 Å². The molecular formula is C18H18N4O6S. The molecule has 2 aromatic heterocycles. The predicted molar refractivity (Wildman–Crippen MR) is 102 cm³/mol. The topological polar surface area (TPSA) is 112 Å². The molecule has 0 fully saturated rings. The van der Waals surface area contributed by atoms with Gasteiger partial charge >= 0.3 is 5.97 Å². The van der Waals surface area contributed by atoms with Crippen molar-refractivity contribution >= 4 is 27.3 Å². The highest BCUT2D eigenvalue weighted by Gasteiger charge is 2.29. The van der Waals surface area contributed by atoms with Crippen molar-refractivity contribution in [2.45, 2.75) is 11.8 Å². The van der Waals surface area contributed by atoms with Gasteiger partial charge in [-0.1, -0.05) is 0 Å². The number of ether oxygens (including phenoxy) is 3. The van der Waals surface area contributed by atoms with Crippen LogP contribution in [0.15, 0.2) is 41.4 Å². The van der Waals surface area contributed by atoms with E-state index in [4.69, 9.17) is 14.2 Å². The van der Waals surface area contributed by atoms with Gasteiger partial charge in [-0.05, 0) is 31.2 Å². The first-order valence-electron chi connectivity index (χ1n) is 8.71. The second kappa shape index (κ2) is 7.24. The lowest BCUT2D eigenvalue weighted by Gasteiger charge is -2.25. The normalized spacial score (nSPS) is 13.3. The van der Waals surface area contributed by atoms with E-state index in [-0.39, 0.29) is 10.6 Å². The summed E-state index contributed by atoms with van der Waals surface area (Å²) in [6.45, 7) is 1.97. The van der Waals surface area contributed by atoms with E-state index >= 15 is 0 Å². The molecular weight excluding hydrogens is 400 g/mol. The van der Waals surface area contributed by atoms with Crippen molar-refractivity contribution in [3.05, 3.63) is 42.4 Å². The fourth-order valence-corrected chi connectivity index (χ4v) is 4.35. The summed E-state index contributed by atoms with van der Waals surface area (Å²) < 4.78 is 45.1. The van der Waals surface area contributed by atoms with E-state index < -0.39 is 22.5 Å². The summed E-state index contributed by atoms with van der Waals surface area (Å²) in [4.78, 5) is 12.0. The number of rotatable bonds is 5. The minimum atomic E-state index is -4.11. The Morgan fingerprint density at radius 2 is 1.93 bits per heavy atom. The Kier molecular flexibility index (Phi) is 4.74. The molecule has 1 aromatic carbocycles. The highest BCUT2D eigenvalue weighted by Crippen LogP contribution is 2.35. The molecule has 3 heterocycles. The maximum Gasteiger partial charge on any atom is 0.326 e. The van der Waals surface area contributed by atoms with Gasteiger partial charge in [-0.25, -0.2) is 8.42 Å². The van der Waals surface area contributed by atoms with Gasteiger partial charge in [-0.2, -0.15) is 0 Å². The fraction of sp³-hybridized carbons (Fsp3) is 0.278. The number of benzene rings is 1. The van der Waals surface area contributed by atoms with Gasteiger partial charge in [0, 0.05) is 12.3 Å². The van der Waals surface area contributed by atoms with Crippen molar-refractivity contribution in [3.63, 3.8) is 0 Å². The first-order valence-corrected chi connectivity index (χ1v) is 10.1. The van der Waals surface area contributed by atoms with Gasteiger partial charge in [0.2, 0.25) is 0 Å². The number of hydrogen-bond donors (Lipinski definition) is 0. The average molecular weight is 418 g/mol. The van der Waals surface area contributed by atoms with Crippen molar-refractivity contribution in [2.24, 2.45) is 0 Å². The van der Waals surface area contributed by atoms with Gasteiger partial charge in [0.05, 0.1) is 12.8 Å². The minimum Gasteiger partial charge on any atom is -0.486 e. The Morgan fingerprint density at radius 3 is 2.69 bits per heavy atom. The van der Waals surface area contributed by atoms with Crippen LogP contribution in [0.1, 0.15) is 5.82 Å². The van der Waals surface area contributed by atoms with Crippen molar-refractivity contribution in [3.8, 4) is 11.5 Å². The zero-order valence-corrected chi connectivity index (χ0v) is 16.5. The standard InChI is InChI=1S/C18H18N4O6S/c1-12-19-20-17-6-4-14(10-21(12)17)29(24,25)22(11-18(23)26-2)13-3-5-15-16(9-13)28-8-7-27-15/h3-6,9-10H,7-8,11H2,1-2H3. The number of hydrogen-bond acceptors (Lipinski definition) is 8. The molecule has 0 saturated heterocycles. The van der Waals surface area contributed by atoms with E-state index in [0.717, 1.165) is 4.31 Å². The second-order valence-corrected chi connectivity index (χ2v) is 8.12. The maximum absolute atomic E-state index is 13.4. The lowest BCUT2D eigenvalue weighted by atomic mass is 10.2. The quantitative estimate of drug-likeness (QED) is 0.568. The molecule has 3 aromatic rings. The number of carbonyl (C=O) groups is 1. The lowest BCUT2D eigenvalue weighted by Crippen LogP contribution is -2.36. The van der Waals surface area contributed by atoms with Gasteiger partial charge in [0.15, 0.2) is 17.1 Å². The Morgan fingerprint density at radius 1 is 1.17 bits per heavy atom. The summed E-state index contributed by atoms with van der Waals surface area (Å²) in [6.07, 6.45) is 1.42. The molecule has 0 saturated carbocycles. The summed E-state index contributed by atoms with van der Waals surface area (Å²) in [5.41, 5.74) is 0.764. The molecule has 0 amide bonds. The molecule has 0 radical (unpaired) electrons. The van der Waals surface area contributed by atoms with Crippen LogP contribution in [0.3, 0.4) is 0 Å². The number of esters is 1. The van der Waals surface area contributed by atoms with E-state index in [2.05, 4.69) is 10.2 Å². The Bertz CT molecular complexity index is 1190. The zero-order chi connectivity index (χ0) is 20.6. The number of anilines is 1. The molecule has 0 N–H and O–H groups in total. The second-order valence-electron chi connectivity index (χ2n) is 6.26. The van der Waals surface area contributed by atoms with Crippen LogP contribution in [0.4, 0.5) is 5.69 Å². The molecule has 152 valence electrons. The molecule has 0 atom stereocenters. The molecule has 29 heavy (non-hydrogen) atoms. The number of methoxy groups -OCH3 is 1. The molecule has 4 rings (SSSR count). The number of aromatic nitrogens is 3. The van der Waals surface area contributed by atoms with Crippen LogP contribution in [0.25, 0.3) is 5.65 Å².